The minimum atomic E-state index is -0.558. The summed E-state index contributed by atoms with van der Waals surface area (Å²) >= 11 is 1.64. The van der Waals surface area contributed by atoms with Crippen LogP contribution >= 0.6 is 11.8 Å². The van der Waals surface area contributed by atoms with Crippen molar-refractivity contribution in [2.75, 3.05) is 5.75 Å². The zero-order valence-corrected chi connectivity index (χ0v) is 10.4. The molecule has 1 saturated heterocycles. The van der Waals surface area contributed by atoms with E-state index in [0.29, 0.717) is 11.6 Å². The van der Waals surface area contributed by atoms with Gasteiger partial charge < -0.3 is 5.32 Å². The van der Waals surface area contributed by atoms with Crippen LogP contribution in [-0.2, 0) is 6.54 Å². The summed E-state index contributed by atoms with van der Waals surface area (Å²) in [4.78, 5) is 4.30. The van der Waals surface area contributed by atoms with Crippen LogP contribution in [0.3, 0.4) is 0 Å². The molecule has 0 radical (unpaired) electrons. The molecule has 0 aliphatic carbocycles. The number of halogens is 2. The fourth-order valence-corrected chi connectivity index (χ4v) is 2.66. The lowest BCUT2D eigenvalue weighted by Gasteiger charge is -2.21. The van der Waals surface area contributed by atoms with Crippen LogP contribution in [0.1, 0.15) is 18.9 Å². The summed E-state index contributed by atoms with van der Waals surface area (Å²) in [5, 5.41) is 4.07. The van der Waals surface area contributed by atoms with Gasteiger partial charge in [-0.3, -0.25) is 4.99 Å². The molecular weight excluding hydrogens is 242 g/mol. The maximum absolute atomic E-state index is 13.3. The molecule has 2 nitrogen and oxygen atoms in total. The minimum Gasteiger partial charge on any atom is -0.362 e. The summed E-state index contributed by atoms with van der Waals surface area (Å²) < 4.78 is 26.0. The topological polar surface area (TPSA) is 24.4 Å². The highest BCUT2D eigenvalue weighted by atomic mass is 32.2. The lowest BCUT2D eigenvalue weighted by Crippen LogP contribution is -2.35. The van der Waals surface area contributed by atoms with Gasteiger partial charge in [0.05, 0.1) is 6.54 Å². The van der Waals surface area contributed by atoms with Gasteiger partial charge in [0, 0.05) is 23.4 Å². The molecule has 1 aliphatic rings. The normalized spacial score (nSPS) is 22.5. The van der Waals surface area contributed by atoms with Crippen LogP contribution in [0.25, 0.3) is 0 Å². The first-order valence-corrected chi connectivity index (χ1v) is 6.51. The molecule has 0 amide bonds. The van der Waals surface area contributed by atoms with E-state index in [4.69, 9.17) is 0 Å². The molecule has 1 aromatic carbocycles. The summed E-state index contributed by atoms with van der Waals surface area (Å²) in [6, 6.07) is 3.99. The quantitative estimate of drug-likeness (QED) is 0.879. The Hall–Kier alpha value is -1.10. The Morgan fingerprint density at radius 3 is 3.00 bits per heavy atom. The van der Waals surface area contributed by atoms with Crippen LogP contribution in [0, 0.1) is 11.6 Å². The SMILES string of the molecule is CC1CCSC(=NCc2ccc(F)cc2F)N1. The number of thioether (sulfide) groups is 1. The van der Waals surface area contributed by atoms with E-state index in [1.807, 2.05) is 0 Å². The molecule has 1 N–H and O–H groups in total. The summed E-state index contributed by atoms with van der Waals surface area (Å²) in [6.45, 7) is 2.34. The molecule has 5 heteroatoms. The fraction of sp³-hybridized carbons (Fsp3) is 0.417. The van der Waals surface area contributed by atoms with E-state index >= 15 is 0 Å². The van der Waals surface area contributed by atoms with Gasteiger partial charge in [0.1, 0.15) is 11.6 Å². The van der Waals surface area contributed by atoms with Gasteiger partial charge in [-0.15, -0.1) is 0 Å². The molecule has 92 valence electrons. The second-order valence-corrected chi connectivity index (χ2v) is 5.12. The molecule has 0 spiro atoms. The summed E-state index contributed by atoms with van der Waals surface area (Å²) in [6.07, 6.45) is 1.11. The average molecular weight is 256 g/mol. The monoisotopic (exact) mass is 256 g/mol. The molecule has 1 atom stereocenters. The molecule has 1 aromatic rings. The van der Waals surface area contributed by atoms with Gasteiger partial charge >= 0.3 is 0 Å². The Labute approximate surface area is 104 Å². The molecule has 1 fully saturated rings. The number of aliphatic imine (C=N–C) groups is 1. The van der Waals surface area contributed by atoms with E-state index in [-0.39, 0.29) is 6.54 Å². The molecule has 0 aromatic heterocycles. The molecule has 17 heavy (non-hydrogen) atoms. The van der Waals surface area contributed by atoms with Crippen LogP contribution in [0.5, 0.6) is 0 Å². The van der Waals surface area contributed by atoms with Gasteiger partial charge in [0.15, 0.2) is 5.17 Å². The standard InChI is InChI=1S/C12H14F2N2S/c1-8-4-5-17-12(16-8)15-7-9-2-3-10(13)6-11(9)14/h2-3,6,8H,4-5,7H2,1H3,(H,15,16). The Morgan fingerprint density at radius 2 is 2.29 bits per heavy atom. The molecule has 1 unspecified atom stereocenters. The third-order valence-corrected chi connectivity index (χ3v) is 3.53. The fourth-order valence-electron chi connectivity index (χ4n) is 1.56. The average Bonchev–Trinajstić information content (AvgIpc) is 2.28. The van der Waals surface area contributed by atoms with Crippen molar-refractivity contribution in [3.8, 4) is 0 Å². The third-order valence-electron chi connectivity index (χ3n) is 2.57. The first-order valence-electron chi connectivity index (χ1n) is 5.53. The number of nitrogens with zero attached hydrogens (tertiary/aromatic N) is 1. The minimum absolute atomic E-state index is 0.244. The van der Waals surface area contributed by atoms with Crippen molar-refractivity contribution in [3.63, 3.8) is 0 Å². The first kappa shape index (κ1) is 12.4. The van der Waals surface area contributed by atoms with Crippen molar-refractivity contribution < 1.29 is 8.78 Å². The number of amidine groups is 1. The highest BCUT2D eigenvalue weighted by molar-refractivity contribution is 8.13. The summed E-state index contributed by atoms with van der Waals surface area (Å²) in [5.41, 5.74) is 0.416. The van der Waals surface area contributed by atoms with Crippen molar-refractivity contribution >= 4 is 16.9 Å². The molecule has 0 bridgehead atoms. The van der Waals surface area contributed by atoms with Crippen LogP contribution in [0.2, 0.25) is 0 Å². The second-order valence-electron chi connectivity index (χ2n) is 4.04. The maximum atomic E-state index is 13.3. The Balaban J connectivity index is 2.03. The predicted molar refractivity (Wildman–Crippen MR) is 67.2 cm³/mol. The second kappa shape index (κ2) is 5.49. The number of rotatable bonds is 2. The van der Waals surface area contributed by atoms with Crippen LogP contribution in [-0.4, -0.2) is 17.0 Å². The Bertz CT molecular complexity index is 435. The van der Waals surface area contributed by atoms with Gasteiger partial charge in [-0.25, -0.2) is 8.78 Å². The zero-order chi connectivity index (χ0) is 12.3. The van der Waals surface area contributed by atoms with E-state index in [1.54, 1.807) is 11.8 Å². The number of hydrogen-bond donors (Lipinski definition) is 1. The Kier molecular flexibility index (Phi) is 3.99. The van der Waals surface area contributed by atoms with E-state index in [1.165, 1.54) is 12.1 Å². The first-order chi connectivity index (χ1) is 8.15. The highest BCUT2D eigenvalue weighted by Crippen LogP contribution is 2.16. The van der Waals surface area contributed by atoms with E-state index in [2.05, 4.69) is 17.2 Å². The maximum Gasteiger partial charge on any atom is 0.157 e. The molecule has 1 aliphatic heterocycles. The number of nitrogens with one attached hydrogen (secondary N) is 1. The van der Waals surface area contributed by atoms with Gasteiger partial charge in [-0.05, 0) is 19.4 Å². The van der Waals surface area contributed by atoms with Crippen molar-refractivity contribution in [2.24, 2.45) is 4.99 Å². The molecular formula is C12H14F2N2S. The van der Waals surface area contributed by atoms with Gasteiger partial charge in [-0.2, -0.15) is 0 Å². The molecule has 2 rings (SSSR count). The summed E-state index contributed by atoms with van der Waals surface area (Å²) in [7, 11) is 0. The molecule has 0 saturated carbocycles. The largest absolute Gasteiger partial charge is 0.362 e. The van der Waals surface area contributed by atoms with Crippen molar-refractivity contribution in [2.45, 2.75) is 25.9 Å². The van der Waals surface area contributed by atoms with Gasteiger partial charge in [0.2, 0.25) is 0 Å². The molecule has 1 heterocycles. The summed E-state index contributed by atoms with van der Waals surface area (Å²) in [5.74, 6) is -0.0697. The van der Waals surface area contributed by atoms with Crippen LogP contribution in [0.15, 0.2) is 23.2 Å². The predicted octanol–water partition coefficient (Wildman–Crippen LogP) is 2.94. The smallest absolute Gasteiger partial charge is 0.157 e. The van der Waals surface area contributed by atoms with E-state index in [9.17, 15) is 8.78 Å². The van der Waals surface area contributed by atoms with Crippen molar-refractivity contribution in [1.29, 1.82) is 0 Å². The third kappa shape index (κ3) is 3.43. The van der Waals surface area contributed by atoms with Crippen LogP contribution in [0.4, 0.5) is 8.78 Å². The van der Waals surface area contributed by atoms with Crippen LogP contribution < -0.4 is 5.32 Å². The zero-order valence-electron chi connectivity index (χ0n) is 9.54. The van der Waals surface area contributed by atoms with Gasteiger partial charge in [0.25, 0.3) is 0 Å². The van der Waals surface area contributed by atoms with Gasteiger partial charge in [-0.1, -0.05) is 17.8 Å². The number of benzene rings is 1. The van der Waals surface area contributed by atoms with Crippen molar-refractivity contribution in [3.05, 3.63) is 35.4 Å². The highest BCUT2D eigenvalue weighted by Gasteiger charge is 2.13. The Morgan fingerprint density at radius 1 is 1.47 bits per heavy atom. The van der Waals surface area contributed by atoms with Crippen molar-refractivity contribution in [1.82, 2.24) is 5.32 Å². The van der Waals surface area contributed by atoms with E-state index < -0.39 is 11.6 Å². The lowest BCUT2D eigenvalue weighted by molar-refractivity contribution is 0.572. The number of hydrogen-bond acceptors (Lipinski definition) is 2. The lowest BCUT2D eigenvalue weighted by atomic mass is 10.2. The van der Waals surface area contributed by atoms with E-state index in [0.717, 1.165) is 23.4 Å².